The highest BCUT2D eigenvalue weighted by Crippen LogP contribution is 2.24. The Balaban J connectivity index is 1.93. The van der Waals surface area contributed by atoms with Crippen LogP contribution in [0.3, 0.4) is 0 Å². The fourth-order valence-corrected chi connectivity index (χ4v) is 3.21. The Bertz CT molecular complexity index is 937. The lowest BCUT2D eigenvalue weighted by Gasteiger charge is -2.20. The van der Waals surface area contributed by atoms with Crippen molar-refractivity contribution in [1.29, 1.82) is 0 Å². The van der Waals surface area contributed by atoms with Gasteiger partial charge in [-0.1, -0.05) is 6.92 Å². The molecule has 0 aromatic carbocycles. The summed E-state index contributed by atoms with van der Waals surface area (Å²) in [5, 5.41) is 4.42. The van der Waals surface area contributed by atoms with Crippen molar-refractivity contribution in [2.45, 2.75) is 26.0 Å². The maximum Gasteiger partial charge on any atom is 0.294 e. The summed E-state index contributed by atoms with van der Waals surface area (Å²) in [6, 6.07) is 4.87. The zero-order valence-corrected chi connectivity index (χ0v) is 16.3. The van der Waals surface area contributed by atoms with E-state index in [2.05, 4.69) is 10.1 Å². The molecule has 0 N–H and O–H groups in total. The van der Waals surface area contributed by atoms with E-state index in [-0.39, 0.29) is 5.91 Å². The van der Waals surface area contributed by atoms with Gasteiger partial charge < -0.3 is 9.32 Å². The molecule has 0 saturated heterocycles. The summed E-state index contributed by atoms with van der Waals surface area (Å²) >= 11 is 1.63. The normalized spacial score (nSPS) is 11.0. The van der Waals surface area contributed by atoms with Gasteiger partial charge >= 0.3 is 0 Å². The van der Waals surface area contributed by atoms with E-state index >= 15 is 0 Å². The maximum atomic E-state index is 13.5. The zero-order chi connectivity index (χ0) is 19.4. The average molecular weight is 388 g/mol. The van der Waals surface area contributed by atoms with Gasteiger partial charge in [-0.15, -0.1) is 0 Å². The summed E-state index contributed by atoms with van der Waals surface area (Å²) in [5.74, 6) is 1.11. The number of pyridine rings is 1. The van der Waals surface area contributed by atoms with Crippen LogP contribution < -0.4 is 4.90 Å². The van der Waals surface area contributed by atoms with Crippen molar-refractivity contribution < 1.29 is 13.6 Å². The van der Waals surface area contributed by atoms with Gasteiger partial charge in [-0.3, -0.25) is 9.78 Å². The van der Waals surface area contributed by atoms with E-state index in [0.717, 1.165) is 18.4 Å². The third-order valence-corrected chi connectivity index (χ3v) is 4.54. The summed E-state index contributed by atoms with van der Waals surface area (Å²) in [5.41, 5.74) is 1.82. The van der Waals surface area contributed by atoms with Gasteiger partial charge in [0.1, 0.15) is 11.6 Å². The minimum atomic E-state index is -0.444. The molecule has 0 bridgehead atoms. The number of carbonyl (C=O) groups excluding carboxylic acids is 1. The van der Waals surface area contributed by atoms with Crippen molar-refractivity contribution in [2.24, 2.45) is 0 Å². The molecule has 0 radical (unpaired) electrons. The molecule has 0 atom stereocenters. The molecule has 3 aromatic rings. The van der Waals surface area contributed by atoms with Crippen molar-refractivity contribution >= 4 is 23.4 Å². The molecular weight excluding hydrogens is 367 g/mol. The Morgan fingerprint density at radius 2 is 2.19 bits per heavy atom. The van der Waals surface area contributed by atoms with Gasteiger partial charge in [-0.05, 0) is 31.7 Å². The number of nitrogens with zero attached hydrogens (tertiary/aromatic N) is 4. The number of aryl methyl sites for hydroxylation is 1. The van der Waals surface area contributed by atoms with Gasteiger partial charge in [0.15, 0.2) is 5.76 Å². The lowest BCUT2D eigenvalue weighted by atomic mass is 10.2. The highest BCUT2D eigenvalue weighted by molar-refractivity contribution is 7.97. The molecular formula is C19H21FN4O2S. The van der Waals surface area contributed by atoms with Crippen molar-refractivity contribution in [3.63, 3.8) is 0 Å². The van der Waals surface area contributed by atoms with E-state index in [0.29, 0.717) is 35.1 Å². The van der Waals surface area contributed by atoms with Crippen LogP contribution in [0, 0.1) is 12.7 Å². The number of rotatable bonds is 7. The van der Waals surface area contributed by atoms with Gasteiger partial charge in [-0.2, -0.15) is 16.9 Å². The Morgan fingerprint density at radius 1 is 1.37 bits per heavy atom. The summed E-state index contributed by atoms with van der Waals surface area (Å²) in [7, 11) is 0. The molecule has 8 heteroatoms. The quantitative estimate of drug-likeness (QED) is 0.606. The summed E-state index contributed by atoms with van der Waals surface area (Å²) in [4.78, 5) is 18.5. The third kappa shape index (κ3) is 4.21. The standard InChI is InChI=1S/C19H21FN4O2S/c1-4-7-23(19(25)18-6-5-16(26-18)12-27-3)17-11-24(22-13(17)2)15-8-14(20)9-21-10-15/h5-6,8-11H,4,7,12H2,1-3H3. The molecule has 0 aliphatic heterocycles. The van der Waals surface area contributed by atoms with Crippen LogP contribution in [0.4, 0.5) is 10.1 Å². The number of amides is 1. The molecule has 27 heavy (non-hydrogen) atoms. The first-order valence-electron chi connectivity index (χ1n) is 8.60. The van der Waals surface area contributed by atoms with E-state index in [4.69, 9.17) is 4.42 Å². The fourth-order valence-electron chi connectivity index (χ4n) is 2.77. The van der Waals surface area contributed by atoms with Gasteiger partial charge in [0.25, 0.3) is 5.91 Å². The highest BCUT2D eigenvalue weighted by Gasteiger charge is 2.24. The molecule has 0 fully saturated rings. The van der Waals surface area contributed by atoms with E-state index in [1.54, 1.807) is 28.9 Å². The van der Waals surface area contributed by atoms with Crippen molar-refractivity contribution in [3.8, 4) is 5.69 Å². The van der Waals surface area contributed by atoms with Crippen LogP contribution in [0.2, 0.25) is 0 Å². The first kappa shape index (κ1) is 19.2. The van der Waals surface area contributed by atoms with Crippen LogP contribution in [0.1, 0.15) is 35.4 Å². The molecule has 3 rings (SSSR count). The van der Waals surface area contributed by atoms with Crippen molar-refractivity contribution in [3.05, 3.63) is 59.8 Å². The number of hydrogen-bond acceptors (Lipinski definition) is 5. The summed E-state index contributed by atoms with van der Waals surface area (Å²) < 4.78 is 20.7. The predicted molar refractivity (Wildman–Crippen MR) is 104 cm³/mol. The SMILES string of the molecule is CCCN(C(=O)c1ccc(CSC)o1)c1cn(-c2cncc(F)c2)nc1C. The Kier molecular flexibility index (Phi) is 5.95. The van der Waals surface area contributed by atoms with Crippen LogP contribution in [0.5, 0.6) is 0 Å². The highest BCUT2D eigenvalue weighted by atomic mass is 32.2. The number of furan rings is 1. The number of anilines is 1. The Hall–Kier alpha value is -2.61. The number of aromatic nitrogens is 3. The van der Waals surface area contributed by atoms with E-state index in [1.165, 1.54) is 16.9 Å². The first-order valence-corrected chi connectivity index (χ1v) is 9.99. The maximum absolute atomic E-state index is 13.5. The van der Waals surface area contributed by atoms with Crippen LogP contribution >= 0.6 is 11.8 Å². The minimum Gasteiger partial charge on any atom is -0.455 e. The monoisotopic (exact) mass is 388 g/mol. The number of thioether (sulfide) groups is 1. The molecule has 3 aromatic heterocycles. The smallest absolute Gasteiger partial charge is 0.294 e. The average Bonchev–Trinajstić information content (AvgIpc) is 3.26. The molecule has 0 aliphatic carbocycles. The second kappa shape index (κ2) is 8.39. The van der Waals surface area contributed by atoms with Gasteiger partial charge in [-0.25, -0.2) is 9.07 Å². The van der Waals surface area contributed by atoms with E-state index in [1.807, 2.05) is 26.2 Å². The van der Waals surface area contributed by atoms with E-state index in [9.17, 15) is 9.18 Å². The van der Waals surface area contributed by atoms with Crippen molar-refractivity contribution in [1.82, 2.24) is 14.8 Å². The van der Waals surface area contributed by atoms with Crippen LogP contribution in [-0.2, 0) is 5.75 Å². The number of carbonyl (C=O) groups is 1. The lowest BCUT2D eigenvalue weighted by Crippen LogP contribution is -2.31. The fraction of sp³-hybridized carbons (Fsp3) is 0.316. The number of halogens is 1. The summed E-state index contributed by atoms with van der Waals surface area (Å²) in [6.45, 7) is 4.33. The summed E-state index contributed by atoms with van der Waals surface area (Å²) in [6.07, 6.45) is 7.12. The van der Waals surface area contributed by atoms with Crippen LogP contribution in [-0.4, -0.2) is 33.5 Å². The van der Waals surface area contributed by atoms with E-state index < -0.39 is 5.82 Å². The zero-order valence-electron chi connectivity index (χ0n) is 15.5. The molecule has 0 saturated carbocycles. The minimum absolute atomic E-state index is 0.218. The molecule has 0 aliphatic rings. The Morgan fingerprint density at radius 3 is 2.89 bits per heavy atom. The first-order chi connectivity index (χ1) is 13.0. The van der Waals surface area contributed by atoms with Gasteiger partial charge in [0, 0.05) is 12.6 Å². The molecule has 1 amide bonds. The third-order valence-electron chi connectivity index (χ3n) is 3.97. The molecule has 3 heterocycles. The topological polar surface area (TPSA) is 64.2 Å². The molecule has 0 unspecified atom stereocenters. The second-order valence-corrected chi connectivity index (χ2v) is 6.93. The van der Waals surface area contributed by atoms with Crippen LogP contribution in [0.25, 0.3) is 5.69 Å². The van der Waals surface area contributed by atoms with Crippen LogP contribution in [0.15, 0.2) is 41.2 Å². The molecule has 6 nitrogen and oxygen atoms in total. The molecule has 142 valence electrons. The largest absolute Gasteiger partial charge is 0.455 e. The predicted octanol–water partition coefficient (Wildman–Crippen LogP) is 4.23. The lowest BCUT2D eigenvalue weighted by molar-refractivity contribution is 0.0958. The number of hydrogen-bond donors (Lipinski definition) is 0. The van der Waals surface area contributed by atoms with Gasteiger partial charge in [0.05, 0.1) is 41.4 Å². The molecule has 0 spiro atoms. The van der Waals surface area contributed by atoms with Crippen molar-refractivity contribution in [2.75, 3.05) is 17.7 Å². The Labute approximate surface area is 161 Å². The van der Waals surface area contributed by atoms with Gasteiger partial charge in [0.2, 0.25) is 0 Å². The second-order valence-electron chi connectivity index (χ2n) is 6.06.